The molecule has 0 saturated heterocycles. The first-order chi connectivity index (χ1) is 9.59. The fraction of sp³-hybridized carbons (Fsp3) is 0.357. The summed E-state index contributed by atoms with van der Waals surface area (Å²) >= 11 is 0. The molecule has 0 fully saturated rings. The van der Waals surface area contributed by atoms with Gasteiger partial charge in [-0.25, -0.2) is 9.78 Å². The Morgan fingerprint density at radius 1 is 1.40 bits per heavy atom. The number of anilines is 1. The summed E-state index contributed by atoms with van der Waals surface area (Å²) in [4.78, 5) is 17.9. The average molecular weight is 272 g/mol. The van der Waals surface area contributed by atoms with Crippen molar-refractivity contribution >= 4 is 22.7 Å². The molecule has 6 nitrogen and oxygen atoms in total. The molecule has 0 spiro atoms. The second kappa shape index (κ2) is 4.63. The van der Waals surface area contributed by atoms with E-state index in [9.17, 15) is 9.90 Å². The topological polar surface area (TPSA) is 71.2 Å². The van der Waals surface area contributed by atoms with Gasteiger partial charge in [0.25, 0.3) is 0 Å². The first-order valence-electron chi connectivity index (χ1n) is 6.55. The van der Waals surface area contributed by atoms with Crippen molar-refractivity contribution in [1.82, 2.24) is 14.8 Å². The lowest BCUT2D eigenvalue weighted by molar-refractivity contribution is 0.0697. The highest BCUT2D eigenvalue weighted by Gasteiger charge is 2.23. The van der Waals surface area contributed by atoms with Gasteiger partial charge >= 0.3 is 5.97 Å². The first-order valence-corrected chi connectivity index (χ1v) is 6.55. The van der Waals surface area contributed by atoms with Crippen LogP contribution in [0, 0.1) is 6.92 Å². The van der Waals surface area contributed by atoms with Crippen molar-refractivity contribution in [3.63, 3.8) is 0 Å². The number of hydrogen-bond acceptors (Lipinski definition) is 4. The third kappa shape index (κ3) is 1.84. The minimum atomic E-state index is -0.952. The van der Waals surface area contributed by atoms with Gasteiger partial charge in [-0.15, -0.1) is 0 Å². The fourth-order valence-corrected chi connectivity index (χ4v) is 2.72. The molecule has 20 heavy (non-hydrogen) atoms. The van der Waals surface area contributed by atoms with Crippen molar-refractivity contribution < 1.29 is 9.90 Å². The van der Waals surface area contributed by atoms with E-state index in [0.717, 1.165) is 35.4 Å². The highest BCUT2D eigenvalue weighted by molar-refractivity contribution is 6.04. The summed E-state index contributed by atoms with van der Waals surface area (Å²) in [6.45, 7) is 3.41. The van der Waals surface area contributed by atoms with Crippen LogP contribution in [0.3, 0.4) is 0 Å². The molecule has 6 heteroatoms. The molecule has 3 heterocycles. The highest BCUT2D eigenvalue weighted by atomic mass is 16.4. The summed E-state index contributed by atoms with van der Waals surface area (Å²) in [5.41, 5.74) is 2.50. The Morgan fingerprint density at radius 2 is 2.20 bits per heavy atom. The average Bonchev–Trinajstić information content (AvgIpc) is 2.74. The van der Waals surface area contributed by atoms with E-state index in [-0.39, 0.29) is 5.56 Å². The van der Waals surface area contributed by atoms with Gasteiger partial charge in [-0.05, 0) is 13.3 Å². The predicted molar refractivity (Wildman–Crippen MR) is 76.2 cm³/mol. The van der Waals surface area contributed by atoms with Crippen molar-refractivity contribution in [2.45, 2.75) is 13.3 Å². The number of carboxylic acid groups (broad SMARTS) is 1. The van der Waals surface area contributed by atoms with Gasteiger partial charge in [0.1, 0.15) is 5.56 Å². The molecule has 0 atom stereocenters. The number of pyridine rings is 1. The van der Waals surface area contributed by atoms with Crippen LogP contribution >= 0.6 is 0 Å². The van der Waals surface area contributed by atoms with Gasteiger partial charge in [0.15, 0.2) is 5.65 Å². The van der Waals surface area contributed by atoms with Gasteiger partial charge in [0, 0.05) is 26.3 Å². The number of carboxylic acids is 1. The smallest absolute Gasteiger partial charge is 0.339 e. The van der Waals surface area contributed by atoms with E-state index in [4.69, 9.17) is 0 Å². The largest absolute Gasteiger partial charge is 0.478 e. The van der Waals surface area contributed by atoms with Crippen molar-refractivity contribution in [3.8, 4) is 0 Å². The zero-order valence-corrected chi connectivity index (χ0v) is 11.5. The van der Waals surface area contributed by atoms with Gasteiger partial charge < -0.3 is 10.0 Å². The van der Waals surface area contributed by atoms with E-state index in [2.05, 4.69) is 27.1 Å². The standard InChI is InChI=1S/C14H16N4O2/c1-9-11-12(18-6-4-3-5-7-18)10(14(19)20)8-15-13(11)17(2)16-9/h3-4,8H,5-7H2,1-2H3,(H,19,20). The van der Waals surface area contributed by atoms with E-state index in [1.807, 2.05) is 14.0 Å². The quantitative estimate of drug-likeness (QED) is 0.843. The summed E-state index contributed by atoms with van der Waals surface area (Å²) < 4.78 is 1.69. The van der Waals surface area contributed by atoms with E-state index in [1.54, 1.807) is 4.68 Å². The zero-order chi connectivity index (χ0) is 14.3. The lowest BCUT2D eigenvalue weighted by atomic mass is 10.1. The molecule has 0 aliphatic carbocycles. The van der Waals surface area contributed by atoms with Crippen LogP contribution in [0.2, 0.25) is 0 Å². The predicted octanol–water partition coefficient (Wildman–Crippen LogP) is 1.74. The van der Waals surface area contributed by atoms with E-state index < -0.39 is 5.97 Å². The van der Waals surface area contributed by atoms with Crippen LogP contribution in [0.15, 0.2) is 18.3 Å². The number of carbonyl (C=O) groups is 1. The Kier molecular flexibility index (Phi) is 2.93. The van der Waals surface area contributed by atoms with Crippen LogP contribution < -0.4 is 4.90 Å². The van der Waals surface area contributed by atoms with Gasteiger partial charge in [-0.2, -0.15) is 5.10 Å². The van der Waals surface area contributed by atoms with Crippen molar-refractivity contribution in [2.24, 2.45) is 7.05 Å². The maximum Gasteiger partial charge on any atom is 0.339 e. The van der Waals surface area contributed by atoms with Crippen molar-refractivity contribution in [1.29, 1.82) is 0 Å². The number of nitrogens with zero attached hydrogens (tertiary/aromatic N) is 4. The molecule has 0 unspecified atom stereocenters. The Labute approximate surface area is 116 Å². The molecule has 0 saturated carbocycles. The van der Waals surface area contributed by atoms with Gasteiger partial charge in [0.05, 0.1) is 16.8 Å². The molecular formula is C14H16N4O2. The lowest BCUT2D eigenvalue weighted by Gasteiger charge is -2.27. The number of aromatic carboxylic acids is 1. The van der Waals surface area contributed by atoms with Crippen molar-refractivity contribution in [2.75, 3.05) is 18.0 Å². The molecule has 104 valence electrons. The van der Waals surface area contributed by atoms with Gasteiger partial charge in [-0.3, -0.25) is 4.68 Å². The second-order valence-corrected chi connectivity index (χ2v) is 4.94. The van der Waals surface area contributed by atoms with Gasteiger partial charge in [0.2, 0.25) is 0 Å². The molecule has 0 amide bonds. The minimum Gasteiger partial charge on any atom is -0.478 e. The molecule has 0 aromatic carbocycles. The fourth-order valence-electron chi connectivity index (χ4n) is 2.72. The molecule has 2 aromatic rings. The molecule has 3 rings (SSSR count). The molecule has 0 bridgehead atoms. The van der Waals surface area contributed by atoms with Crippen LogP contribution in [0.1, 0.15) is 22.5 Å². The summed E-state index contributed by atoms with van der Waals surface area (Å²) in [6.07, 6.45) is 6.53. The molecular weight excluding hydrogens is 256 g/mol. The number of hydrogen-bond donors (Lipinski definition) is 1. The Bertz CT molecular complexity index is 718. The Balaban J connectivity index is 2.31. The second-order valence-electron chi connectivity index (χ2n) is 4.94. The van der Waals surface area contributed by atoms with E-state index in [1.165, 1.54) is 6.20 Å². The number of fused-ring (bicyclic) bond motifs is 1. The van der Waals surface area contributed by atoms with Crippen LogP contribution in [-0.2, 0) is 7.05 Å². The maximum absolute atomic E-state index is 11.5. The van der Waals surface area contributed by atoms with Crippen molar-refractivity contribution in [3.05, 3.63) is 29.6 Å². The monoisotopic (exact) mass is 272 g/mol. The molecule has 1 aliphatic heterocycles. The molecule has 1 N–H and O–H groups in total. The zero-order valence-electron chi connectivity index (χ0n) is 11.5. The normalized spacial score (nSPS) is 15.0. The summed E-state index contributed by atoms with van der Waals surface area (Å²) in [5, 5.41) is 14.6. The SMILES string of the molecule is Cc1nn(C)c2ncc(C(=O)O)c(N3CC=CCC3)c12. The van der Waals surface area contributed by atoms with E-state index >= 15 is 0 Å². The van der Waals surface area contributed by atoms with E-state index in [0.29, 0.717) is 6.54 Å². The molecule has 2 aromatic heterocycles. The number of aryl methyl sites for hydroxylation is 2. The van der Waals surface area contributed by atoms with Gasteiger partial charge in [-0.1, -0.05) is 12.2 Å². The third-order valence-electron chi connectivity index (χ3n) is 3.60. The number of rotatable bonds is 2. The third-order valence-corrected chi connectivity index (χ3v) is 3.60. The van der Waals surface area contributed by atoms with Crippen LogP contribution in [0.4, 0.5) is 5.69 Å². The first kappa shape index (κ1) is 12.7. The minimum absolute atomic E-state index is 0.240. The lowest BCUT2D eigenvalue weighted by Crippen LogP contribution is -2.29. The maximum atomic E-state index is 11.5. The summed E-state index contributed by atoms with van der Waals surface area (Å²) in [7, 11) is 1.82. The molecule has 0 radical (unpaired) electrons. The number of aromatic nitrogens is 3. The molecule has 1 aliphatic rings. The van der Waals surface area contributed by atoms with Crippen LogP contribution in [-0.4, -0.2) is 38.9 Å². The summed E-state index contributed by atoms with van der Waals surface area (Å²) in [5.74, 6) is -0.952. The van der Waals surface area contributed by atoms with Crippen LogP contribution in [0.5, 0.6) is 0 Å². The highest BCUT2D eigenvalue weighted by Crippen LogP contribution is 2.32. The van der Waals surface area contributed by atoms with Crippen LogP contribution in [0.25, 0.3) is 11.0 Å². The summed E-state index contributed by atoms with van der Waals surface area (Å²) in [6, 6.07) is 0. The Morgan fingerprint density at radius 3 is 2.85 bits per heavy atom. The Hall–Kier alpha value is -2.37.